The molecule has 0 aliphatic carbocycles. The molecule has 1 aliphatic rings. The Kier molecular flexibility index (Phi) is 8.98. The van der Waals surface area contributed by atoms with Gasteiger partial charge in [-0.1, -0.05) is 24.3 Å². The molecule has 0 saturated carbocycles. The van der Waals surface area contributed by atoms with Gasteiger partial charge in [0.05, 0.1) is 17.9 Å². The van der Waals surface area contributed by atoms with Gasteiger partial charge >= 0.3 is 0 Å². The van der Waals surface area contributed by atoms with Crippen molar-refractivity contribution in [2.24, 2.45) is 5.92 Å². The van der Waals surface area contributed by atoms with E-state index < -0.39 is 8.32 Å². The zero-order valence-electron chi connectivity index (χ0n) is 22.4. The smallest absolute Gasteiger partial charge is 0.255 e. The number of benzene rings is 2. The number of rotatable bonds is 11. The Morgan fingerprint density at radius 1 is 1.13 bits per heavy atom. The Bertz CT molecular complexity index is 1210. The average molecular weight is 538 g/mol. The van der Waals surface area contributed by atoms with Gasteiger partial charge in [0.2, 0.25) is 0 Å². The van der Waals surface area contributed by atoms with Crippen LogP contribution in [0.4, 0.5) is 11.4 Å². The van der Waals surface area contributed by atoms with Crippen LogP contribution in [0.2, 0.25) is 18.6 Å². The van der Waals surface area contributed by atoms with E-state index in [0.717, 1.165) is 36.2 Å². The van der Waals surface area contributed by atoms with E-state index in [1.807, 2.05) is 37.5 Å². The first-order chi connectivity index (χ1) is 18.1. The minimum absolute atomic E-state index is 0.0395. The molecule has 4 rings (SSSR count). The summed E-state index contributed by atoms with van der Waals surface area (Å²) in [5, 5.41) is 20.3. The van der Waals surface area contributed by atoms with Gasteiger partial charge < -0.3 is 25.7 Å². The van der Waals surface area contributed by atoms with Crippen molar-refractivity contribution in [2.75, 3.05) is 17.7 Å². The molecule has 38 heavy (non-hydrogen) atoms. The predicted octanol–water partition coefficient (Wildman–Crippen LogP) is 3.64. The van der Waals surface area contributed by atoms with E-state index in [1.54, 1.807) is 28.9 Å². The number of nitrogens with zero attached hydrogens (tertiary/aromatic N) is 3. The van der Waals surface area contributed by atoms with Crippen molar-refractivity contribution in [1.29, 1.82) is 0 Å². The summed E-state index contributed by atoms with van der Waals surface area (Å²) in [5.74, 6) is 0.0624. The van der Waals surface area contributed by atoms with Gasteiger partial charge in [-0.15, -0.1) is 5.10 Å². The highest BCUT2D eigenvalue weighted by atomic mass is 28.4. The van der Waals surface area contributed by atoms with Gasteiger partial charge in [-0.05, 0) is 80.2 Å². The van der Waals surface area contributed by atoms with Crippen LogP contribution in [-0.4, -0.2) is 57.9 Å². The number of aryl methyl sites for hydroxylation is 2. The van der Waals surface area contributed by atoms with Gasteiger partial charge in [0, 0.05) is 48.2 Å². The molecular formula is C28H39N5O4Si. The van der Waals surface area contributed by atoms with E-state index in [4.69, 9.17) is 15.6 Å². The molecule has 3 aromatic rings. The quantitative estimate of drug-likeness (QED) is 0.217. The van der Waals surface area contributed by atoms with Crippen LogP contribution in [0.25, 0.3) is 0 Å². The lowest BCUT2D eigenvalue weighted by atomic mass is 9.95. The average Bonchev–Trinajstić information content (AvgIpc) is 3.45. The Balaban J connectivity index is 1.36. The van der Waals surface area contributed by atoms with Crippen molar-refractivity contribution < 1.29 is 19.4 Å². The number of hydrogen-bond donors (Lipinski definition) is 4. The summed E-state index contributed by atoms with van der Waals surface area (Å²) in [6.07, 6.45) is 4.73. The second kappa shape index (κ2) is 12.2. The van der Waals surface area contributed by atoms with Crippen molar-refractivity contribution in [2.45, 2.75) is 70.0 Å². The van der Waals surface area contributed by atoms with Gasteiger partial charge in [-0.2, -0.15) is 0 Å². The number of carbonyl (C=O) groups excluding carboxylic acids is 1. The number of aliphatic hydroxyl groups is 1. The molecule has 0 unspecified atom stereocenters. The lowest BCUT2D eigenvalue weighted by molar-refractivity contribution is 0.0245. The van der Waals surface area contributed by atoms with E-state index in [-0.39, 0.29) is 36.2 Å². The molecule has 0 spiro atoms. The molecule has 204 valence electrons. The van der Waals surface area contributed by atoms with Gasteiger partial charge in [0.25, 0.3) is 5.91 Å². The number of amides is 1. The summed E-state index contributed by atoms with van der Waals surface area (Å²) in [6.45, 7) is 6.88. The van der Waals surface area contributed by atoms with Crippen LogP contribution in [0.5, 0.6) is 0 Å². The number of ether oxygens (including phenoxy) is 1. The Morgan fingerprint density at radius 2 is 1.89 bits per heavy atom. The first kappa shape index (κ1) is 28.0. The topological polar surface area (TPSA) is 136 Å². The summed E-state index contributed by atoms with van der Waals surface area (Å²) in [7, 11) is -2.47. The van der Waals surface area contributed by atoms with Crippen molar-refractivity contribution in [3.8, 4) is 0 Å². The first-order valence-electron chi connectivity index (χ1n) is 13.3. The molecule has 2 aromatic carbocycles. The molecule has 5 N–H and O–H groups in total. The Labute approximate surface area is 225 Å². The van der Waals surface area contributed by atoms with Crippen molar-refractivity contribution in [1.82, 2.24) is 15.0 Å². The SMILES string of the molecule is C[C@H]1[C@H]([Si](C)(C)O)[C@@H](CCn2cc(CCO)nn2)O[C@H]1CCc1cccc(NC(=O)c2ccc(N)cc2)c1. The summed E-state index contributed by atoms with van der Waals surface area (Å²) in [5.41, 5.74) is 9.66. The fourth-order valence-corrected chi connectivity index (χ4v) is 8.22. The minimum Gasteiger partial charge on any atom is -0.432 e. The zero-order valence-corrected chi connectivity index (χ0v) is 23.4. The highest BCUT2D eigenvalue weighted by molar-refractivity contribution is 6.71. The molecule has 0 radical (unpaired) electrons. The van der Waals surface area contributed by atoms with Crippen molar-refractivity contribution >= 4 is 25.6 Å². The number of aromatic nitrogens is 3. The van der Waals surface area contributed by atoms with E-state index in [2.05, 4.69) is 28.6 Å². The molecule has 1 saturated heterocycles. The van der Waals surface area contributed by atoms with E-state index >= 15 is 0 Å². The third kappa shape index (κ3) is 7.07. The molecule has 1 amide bonds. The molecule has 9 nitrogen and oxygen atoms in total. The van der Waals surface area contributed by atoms with Gasteiger partial charge in [-0.25, -0.2) is 0 Å². The molecule has 0 bridgehead atoms. The van der Waals surface area contributed by atoms with Crippen molar-refractivity contribution in [3.05, 3.63) is 71.5 Å². The third-order valence-electron chi connectivity index (χ3n) is 7.39. The fraction of sp³-hybridized carbons (Fsp3) is 0.464. The molecule has 2 heterocycles. The van der Waals surface area contributed by atoms with Crippen LogP contribution in [-0.2, 0) is 24.1 Å². The Hall–Kier alpha value is -3.05. The van der Waals surface area contributed by atoms with Crippen LogP contribution in [0.15, 0.2) is 54.7 Å². The summed E-state index contributed by atoms with van der Waals surface area (Å²) < 4.78 is 8.36. The van der Waals surface area contributed by atoms with E-state index in [0.29, 0.717) is 24.2 Å². The van der Waals surface area contributed by atoms with Crippen molar-refractivity contribution in [3.63, 3.8) is 0 Å². The maximum absolute atomic E-state index is 12.6. The second-order valence-electron chi connectivity index (χ2n) is 10.8. The van der Waals surface area contributed by atoms with E-state index in [1.165, 1.54) is 0 Å². The highest BCUT2D eigenvalue weighted by Gasteiger charge is 2.49. The first-order valence-corrected chi connectivity index (χ1v) is 16.3. The molecule has 1 fully saturated rings. The maximum atomic E-state index is 12.6. The van der Waals surface area contributed by atoms with Gasteiger partial charge in [0.15, 0.2) is 8.32 Å². The van der Waals surface area contributed by atoms with Crippen LogP contribution in [0, 0.1) is 5.92 Å². The normalized spacial score (nSPS) is 21.5. The lowest BCUT2D eigenvalue weighted by Gasteiger charge is -2.30. The number of hydrogen-bond acceptors (Lipinski definition) is 7. The number of aliphatic hydroxyl groups excluding tert-OH is 1. The van der Waals surface area contributed by atoms with Crippen LogP contribution < -0.4 is 11.1 Å². The molecule has 4 atom stereocenters. The maximum Gasteiger partial charge on any atom is 0.255 e. The zero-order chi connectivity index (χ0) is 27.3. The number of carbonyl (C=O) groups is 1. The predicted molar refractivity (Wildman–Crippen MR) is 150 cm³/mol. The molecule has 10 heteroatoms. The lowest BCUT2D eigenvalue weighted by Crippen LogP contribution is -2.40. The van der Waals surface area contributed by atoms with Crippen LogP contribution >= 0.6 is 0 Å². The summed E-state index contributed by atoms with van der Waals surface area (Å²) >= 11 is 0. The summed E-state index contributed by atoms with van der Waals surface area (Å²) in [6, 6.07) is 14.8. The number of anilines is 2. The molecule has 1 aliphatic heterocycles. The monoisotopic (exact) mass is 537 g/mol. The summed E-state index contributed by atoms with van der Waals surface area (Å²) in [4.78, 5) is 23.7. The molecular weight excluding hydrogens is 498 g/mol. The Morgan fingerprint density at radius 3 is 2.61 bits per heavy atom. The van der Waals surface area contributed by atoms with E-state index in [9.17, 15) is 9.59 Å². The standard InChI is InChI=1S/C28H39N5O4Si/c1-19-25(37-26(27(19)38(2,3)36)13-15-33-18-24(14-16-34)31-32-33)12-7-20-5-4-6-23(17-20)30-28(35)21-8-10-22(29)11-9-21/h4-6,8-11,17-19,25-27,34,36H,7,12-16,29H2,1-3H3,(H,30,35)/t19-,25+,26-,27+/m1/s1. The minimum atomic E-state index is -2.47. The van der Waals surface area contributed by atoms with Crippen LogP contribution in [0.3, 0.4) is 0 Å². The van der Waals surface area contributed by atoms with Gasteiger partial charge in [0.1, 0.15) is 0 Å². The number of nitrogens with one attached hydrogen (secondary N) is 1. The second-order valence-corrected chi connectivity index (χ2v) is 14.8. The van der Waals surface area contributed by atoms with Gasteiger partial charge in [-0.3, -0.25) is 9.48 Å². The molecule has 1 aromatic heterocycles. The highest BCUT2D eigenvalue weighted by Crippen LogP contribution is 2.45. The largest absolute Gasteiger partial charge is 0.432 e. The number of nitrogen functional groups attached to an aromatic ring is 1. The third-order valence-corrected chi connectivity index (χ3v) is 9.92. The van der Waals surface area contributed by atoms with Crippen LogP contribution in [0.1, 0.15) is 41.4 Å². The number of nitrogens with two attached hydrogens (primary N) is 1. The fourth-order valence-electron chi connectivity index (χ4n) is 5.57.